The molecule has 0 bridgehead atoms. The van der Waals surface area contributed by atoms with Gasteiger partial charge in [0.05, 0.1) is 5.92 Å². The first-order valence-corrected chi connectivity index (χ1v) is 5.20. The summed E-state index contributed by atoms with van der Waals surface area (Å²) in [5.74, 6) is -5.15. The molecule has 1 aliphatic rings. The molecule has 1 unspecified atom stereocenters. The van der Waals surface area contributed by atoms with Crippen molar-refractivity contribution in [1.29, 1.82) is 0 Å². The number of halogens is 6. The second-order valence-electron chi connectivity index (χ2n) is 4.47. The molecule has 0 spiro atoms. The Hall–Kier alpha value is -1.34. The predicted molar refractivity (Wildman–Crippen MR) is 52.1 cm³/mol. The van der Waals surface area contributed by atoms with Crippen molar-refractivity contribution in [3.05, 3.63) is 11.6 Å². The van der Waals surface area contributed by atoms with Gasteiger partial charge in [0.15, 0.2) is 0 Å². The van der Waals surface area contributed by atoms with E-state index in [0.29, 0.717) is 13.8 Å². The van der Waals surface area contributed by atoms with Crippen LogP contribution >= 0.6 is 0 Å². The van der Waals surface area contributed by atoms with Crippen molar-refractivity contribution in [1.82, 2.24) is 0 Å². The number of carbonyl (C=O) groups is 2. The van der Waals surface area contributed by atoms with E-state index in [-0.39, 0.29) is 6.08 Å². The number of carbonyl (C=O) groups excluding carboxylic acids is 2. The van der Waals surface area contributed by atoms with Crippen molar-refractivity contribution < 1.29 is 35.9 Å². The summed E-state index contributed by atoms with van der Waals surface area (Å²) in [6, 6.07) is 0. The first-order valence-electron chi connectivity index (χ1n) is 5.20. The van der Waals surface area contributed by atoms with E-state index in [1.807, 2.05) is 0 Å². The molecular formula is C11H10F6O2. The molecule has 108 valence electrons. The molecule has 1 rings (SSSR count). The average Bonchev–Trinajstić information content (AvgIpc) is 2.56. The largest absolute Gasteiger partial charge is 0.412 e. The molecule has 19 heavy (non-hydrogen) atoms. The molecule has 0 aromatic rings. The summed E-state index contributed by atoms with van der Waals surface area (Å²) < 4.78 is 76.1. The summed E-state index contributed by atoms with van der Waals surface area (Å²) in [7, 11) is 0. The summed E-state index contributed by atoms with van der Waals surface area (Å²) in [5, 5.41) is 0. The lowest BCUT2D eigenvalue weighted by atomic mass is 9.70. The molecule has 8 heteroatoms. The maximum atomic E-state index is 12.8. The van der Waals surface area contributed by atoms with Gasteiger partial charge in [0.25, 0.3) is 0 Å². The Morgan fingerprint density at radius 1 is 1.11 bits per heavy atom. The molecule has 0 heterocycles. The van der Waals surface area contributed by atoms with E-state index < -0.39 is 47.2 Å². The molecule has 1 aliphatic carbocycles. The highest BCUT2D eigenvalue weighted by atomic mass is 19.4. The summed E-state index contributed by atoms with van der Waals surface area (Å²) in [6.07, 6.45) is -11.4. The summed E-state index contributed by atoms with van der Waals surface area (Å²) in [5.41, 5.74) is -4.18. The molecule has 0 N–H and O–H groups in total. The fourth-order valence-corrected chi connectivity index (χ4v) is 2.32. The van der Waals surface area contributed by atoms with Gasteiger partial charge in [-0.1, -0.05) is 6.08 Å². The fraction of sp³-hybridized carbons (Fsp3) is 0.636. The first-order chi connectivity index (χ1) is 8.33. The summed E-state index contributed by atoms with van der Waals surface area (Å²) in [4.78, 5) is 22.8. The van der Waals surface area contributed by atoms with E-state index >= 15 is 0 Å². The fourth-order valence-electron chi connectivity index (χ4n) is 2.32. The van der Waals surface area contributed by atoms with Crippen molar-refractivity contribution in [2.75, 3.05) is 0 Å². The van der Waals surface area contributed by atoms with Gasteiger partial charge < -0.3 is 0 Å². The van der Waals surface area contributed by atoms with Gasteiger partial charge in [0, 0.05) is 5.57 Å². The summed E-state index contributed by atoms with van der Waals surface area (Å²) in [6.45, 7) is 1.40. The number of Topliss-reactive ketones (excluding diaryl/α,β-unsaturated/α-hetero) is 2. The van der Waals surface area contributed by atoms with Crippen LogP contribution in [0.2, 0.25) is 0 Å². The lowest BCUT2D eigenvalue weighted by molar-refractivity contribution is -0.192. The number of hydrogen-bond acceptors (Lipinski definition) is 2. The second kappa shape index (κ2) is 4.35. The zero-order valence-electron chi connectivity index (χ0n) is 9.95. The van der Waals surface area contributed by atoms with Gasteiger partial charge in [0.2, 0.25) is 0 Å². The van der Waals surface area contributed by atoms with Crippen LogP contribution in [0.1, 0.15) is 20.3 Å². The minimum Gasteiger partial charge on any atom is -0.299 e. The zero-order chi connectivity index (χ0) is 15.2. The van der Waals surface area contributed by atoms with Gasteiger partial charge in [-0.05, 0) is 20.3 Å². The molecule has 0 aromatic heterocycles. The van der Waals surface area contributed by atoms with E-state index in [2.05, 4.69) is 0 Å². The smallest absolute Gasteiger partial charge is 0.299 e. The normalized spacial score (nSPS) is 23.2. The molecule has 0 fully saturated rings. The standard InChI is InChI=1S/C11H10F6O2/c1-5(18)9(6(2)19)4-7(10(12,13)14)3-8(9)11(15,16)17/h3,8H,4H2,1-2H3. The van der Waals surface area contributed by atoms with Gasteiger partial charge in [-0.25, -0.2) is 0 Å². The number of hydrogen-bond donors (Lipinski definition) is 0. The Bertz CT molecular complexity index is 429. The molecular weight excluding hydrogens is 278 g/mol. The molecule has 1 atom stereocenters. The van der Waals surface area contributed by atoms with Crippen molar-refractivity contribution in [3.63, 3.8) is 0 Å². The van der Waals surface area contributed by atoms with E-state index in [9.17, 15) is 35.9 Å². The topological polar surface area (TPSA) is 34.1 Å². The Morgan fingerprint density at radius 2 is 1.53 bits per heavy atom. The molecule has 0 aliphatic heterocycles. The molecule has 0 saturated carbocycles. The Kier molecular flexibility index (Phi) is 3.60. The van der Waals surface area contributed by atoms with Crippen LogP contribution in [0.15, 0.2) is 11.6 Å². The highest BCUT2D eigenvalue weighted by Gasteiger charge is 2.63. The third-order valence-corrected chi connectivity index (χ3v) is 3.34. The lowest BCUT2D eigenvalue weighted by Crippen LogP contribution is -2.46. The minimum atomic E-state index is -5.09. The van der Waals surface area contributed by atoms with Gasteiger partial charge in [-0.2, -0.15) is 26.3 Å². The highest BCUT2D eigenvalue weighted by molar-refractivity contribution is 6.06. The Balaban J connectivity index is 3.43. The van der Waals surface area contributed by atoms with E-state index in [1.54, 1.807) is 0 Å². The van der Waals surface area contributed by atoms with Crippen molar-refractivity contribution in [2.45, 2.75) is 32.6 Å². The van der Waals surface area contributed by atoms with Crippen LogP contribution in [0.3, 0.4) is 0 Å². The third-order valence-electron chi connectivity index (χ3n) is 3.34. The third kappa shape index (κ3) is 2.52. The zero-order valence-corrected chi connectivity index (χ0v) is 9.95. The lowest BCUT2D eigenvalue weighted by Gasteiger charge is -2.31. The van der Waals surface area contributed by atoms with Crippen LogP contribution in [-0.2, 0) is 9.59 Å². The van der Waals surface area contributed by atoms with Crippen LogP contribution in [0.4, 0.5) is 26.3 Å². The predicted octanol–water partition coefficient (Wildman–Crippen LogP) is 3.22. The van der Waals surface area contributed by atoms with E-state index in [1.165, 1.54) is 0 Å². The van der Waals surface area contributed by atoms with Crippen molar-refractivity contribution in [3.8, 4) is 0 Å². The molecule has 0 amide bonds. The van der Waals surface area contributed by atoms with Gasteiger partial charge in [0.1, 0.15) is 17.0 Å². The molecule has 0 radical (unpaired) electrons. The first kappa shape index (κ1) is 15.7. The van der Waals surface area contributed by atoms with Crippen LogP contribution in [0, 0.1) is 11.3 Å². The van der Waals surface area contributed by atoms with Crippen LogP contribution in [-0.4, -0.2) is 23.9 Å². The van der Waals surface area contributed by atoms with Crippen LogP contribution < -0.4 is 0 Å². The van der Waals surface area contributed by atoms with Gasteiger partial charge in [-0.3, -0.25) is 9.59 Å². The van der Waals surface area contributed by atoms with E-state index in [0.717, 1.165) is 0 Å². The molecule has 2 nitrogen and oxygen atoms in total. The highest BCUT2D eigenvalue weighted by Crippen LogP contribution is 2.54. The average molecular weight is 288 g/mol. The van der Waals surface area contributed by atoms with Crippen LogP contribution in [0.25, 0.3) is 0 Å². The Morgan fingerprint density at radius 3 is 1.74 bits per heavy atom. The monoisotopic (exact) mass is 288 g/mol. The van der Waals surface area contributed by atoms with Gasteiger partial charge >= 0.3 is 12.4 Å². The van der Waals surface area contributed by atoms with E-state index in [4.69, 9.17) is 0 Å². The van der Waals surface area contributed by atoms with Crippen molar-refractivity contribution >= 4 is 11.6 Å². The Labute approximate surface area is 104 Å². The SMILES string of the molecule is CC(=O)C1(C(C)=O)CC(C(F)(F)F)=CC1C(F)(F)F. The second-order valence-corrected chi connectivity index (χ2v) is 4.47. The number of allylic oxidation sites excluding steroid dienone is 2. The molecule has 0 aromatic carbocycles. The number of alkyl halides is 6. The molecule has 0 saturated heterocycles. The van der Waals surface area contributed by atoms with Gasteiger partial charge in [-0.15, -0.1) is 0 Å². The quantitative estimate of drug-likeness (QED) is 0.444. The number of rotatable bonds is 2. The van der Waals surface area contributed by atoms with Crippen LogP contribution in [0.5, 0.6) is 0 Å². The minimum absolute atomic E-state index is 0.0528. The summed E-state index contributed by atoms with van der Waals surface area (Å²) >= 11 is 0. The number of ketones is 2. The van der Waals surface area contributed by atoms with Crippen molar-refractivity contribution in [2.24, 2.45) is 11.3 Å². The maximum absolute atomic E-state index is 12.8. The maximum Gasteiger partial charge on any atom is 0.412 e.